The van der Waals surface area contributed by atoms with E-state index in [2.05, 4.69) is 13.8 Å². The first-order valence-corrected chi connectivity index (χ1v) is 4.51. The van der Waals surface area contributed by atoms with Gasteiger partial charge in [0.1, 0.15) is 0 Å². The maximum atomic E-state index is 10.7. The lowest BCUT2D eigenvalue weighted by atomic mass is 9.93. The first kappa shape index (κ1) is 9.52. The molecule has 1 aliphatic heterocycles. The SMILES string of the molecule is CC(=O)ON1CC(C)CC(C)C1. The summed E-state index contributed by atoms with van der Waals surface area (Å²) in [5.41, 5.74) is 0. The number of rotatable bonds is 1. The smallest absolute Gasteiger partial charge is 0.322 e. The zero-order chi connectivity index (χ0) is 9.14. The second-order valence-corrected chi connectivity index (χ2v) is 3.88. The summed E-state index contributed by atoms with van der Waals surface area (Å²) in [5.74, 6) is 1.05. The Hall–Kier alpha value is -0.570. The Bertz CT molecular complexity index is 160. The molecule has 0 aromatic rings. The Labute approximate surface area is 73.6 Å². The van der Waals surface area contributed by atoms with Crippen LogP contribution in [0.3, 0.4) is 0 Å². The van der Waals surface area contributed by atoms with Crippen molar-refractivity contribution in [3.05, 3.63) is 0 Å². The van der Waals surface area contributed by atoms with Crippen LogP contribution in [0.1, 0.15) is 27.2 Å². The zero-order valence-corrected chi connectivity index (χ0v) is 8.04. The Balaban J connectivity index is 2.38. The van der Waals surface area contributed by atoms with Gasteiger partial charge in [-0.3, -0.25) is 4.79 Å². The maximum absolute atomic E-state index is 10.7. The molecule has 2 unspecified atom stereocenters. The molecule has 2 atom stereocenters. The highest BCUT2D eigenvalue weighted by Crippen LogP contribution is 2.20. The van der Waals surface area contributed by atoms with Crippen molar-refractivity contribution in [1.29, 1.82) is 0 Å². The molecule has 0 bridgehead atoms. The second-order valence-electron chi connectivity index (χ2n) is 3.88. The molecule has 1 fully saturated rings. The van der Waals surface area contributed by atoms with E-state index in [0.29, 0.717) is 11.8 Å². The van der Waals surface area contributed by atoms with Crippen LogP contribution in [0.5, 0.6) is 0 Å². The van der Waals surface area contributed by atoms with Gasteiger partial charge in [0.2, 0.25) is 0 Å². The van der Waals surface area contributed by atoms with E-state index < -0.39 is 0 Å². The Morgan fingerprint density at radius 3 is 2.25 bits per heavy atom. The van der Waals surface area contributed by atoms with Gasteiger partial charge in [0, 0.05) is 20.0 Å². The van der Waals surface area contributed by atoms with Gasteiger partial charge in [0.05, 0.1) is 0 Å². The number of nitrogens with zero attached hydrogens (tertiary/aromatic N) is 1. The van der Waals surface area contributed by atoms with E-state index in [9.17, 15) is 4.79 Å². The third-order valence-electron chi connectivity index (χ3n) is 2.09. The van der Waals surface area contributed by atoms with Crippen molar-refractivity contribution >= 4 is 5.97 Å². The van der Waals surface area contributed by atoms with Crippen molar-refractivity contribution in [2.75, 3.05) is 13.1 Å². The van der Waals surface area contributed by atoms with E-state index in [1.54, 1.807) is 5.06 Å². The molecule has 1 heterocycles. The highest BCUT2D eigenvalue weighted by Gasteiger charge is 2.23. The van der Waals surface area contributed by atoms with E-state index in [1.165, 1.54) is 13.3 Å². The molecule has 0 N–H and O–H groups in total. The summed E-state index contributed by atoms with van der Waals surface area (Å²) in [4.78, 5) is 15.7. The van der Waals surface area contributed by atoms with Crippen LogP contribution in [-0.2, 0) is 9.63 Å². The topological polar surface area (TPSA) is 29.5 Å². The quantitative estimate of drug-likeness (QED) is 0.598. The molecule has 12 heavy (non-hydrogen) atoms. The van der Waals surface area contributed by atoms with Crippen LogP contribution in [0.2, 0.25) is 0 Å². The number of hydrogen-bond donors (Lipinski definition) is 0. The van der Waals surface area contributed by atoms with Gasteiger partial charge in [-0.1, -0.05) is 13.8 Å². The van der Waals surface area contributed by atoms with Gasteiger partial charge in [-0.15, -0.1) is 5.06 Å². The molecule has 0 aromatic heterocycles. The molecule has 1 saturated heterocycles. The fourth-order valence-corrected chi connectivity index (χ4v) is 1.86. The maximum Gasteiger partial charge on any atom is 0.322 e. The molecular weight excluding hydrogens is 154 g/mol. The molecule has 1 aliphatic rings. The lowest BCUT2D eigenvalue weighted by Gasteiger charge is -2.32. The van der Waals surface area contributed by atoms with E-state index >= 15 is 0 Å². The third kappa shape index (κ3) is 2.81. The van der Waals surface area contributed by atoms with Crippen LogP contribution in [-0.4, -0.2) is 24.1 Å². The van der Waals surface area contributed by atoms with Crippen molar-refractivity contribution in [2.24, 2.45) is 11.8 Å². The summed E-state index contributed by atoms with van der Waals surface area (Å²) in [6.45, 7) is 7.58. The van der Waals surface area contributed by atoms with Gasteiger partial charge >= 0.3 is 5.97 Å². The summed E-state index contributed by atoms with van der Waals surface area (Å²) >= 11 is 0. The lowest BCUT2D eigenvalue weighted by molar-refractivity contribution is -0.199. The molecule has 0 radical (unpaired) electrons. The van der Waals surface area contributed by atoms with E-state index in [4.69, 9.17) is 4.84 Å². The average molecular weight is 171 g/mol. The van der Waals surface area contributed by atoms with Crippen LogP contribution < -0.4 is 0 Å². The van der Waals surface area contributed by atoms with Crippen molar-refractivity contribution in [3.8, 4) is 0 Å². The van der Waals surface area contributed by atoms with Gasteiger partial charge in [0.15, 0.2) is 0 Å². The van der Waals surface area contributed by atoms with Gasteiger partial charge in [0.25, 0.3) is 0 Å². The van der Waals surface area contributed by atoms with Crippen molar-refractivity contribution in [3.63, 3.8) is 0 Å². The fraction of sp³-hybridized carbons (Fsp3) is 0.889. The zero-order valence-electron chi connectivity index (χ0n) is 8.04. The highest BCUT2D eigenvalue weighted by molar-refractivity contribution is 5.65. The molecule has 70 valence electrons. The van der Waals surface area contributed by atoms with E-state index in [-0.39, 0.29) is 5.97 Å². The number of piperidine rings is 1. The predicted molar refractivity (Wildman–Crippen MR) is 46.3 cm³/mol. The monoisotopic (exact) mass is 171 g/mol. The number of carbonyl (C=O) groups is 1. The summed E-state index contributed by atoms with van der Waals surface area (Å²) in [7, 11) is 0. The molecule has 3 nitrogen and oxygen atoms in total. The molecule has 0 saturated carbocycles. The van der Waals surface area contributed by atoms with Crippen LogP contribution in [0, 0.1) is 11.8 Å². The van der Waals surface area contributed by atoms with Gasteiger partial charge < -0.3 is 4.84 Å². The lowest BCUT2D eigenvalue weighted by Crippen LogP contribution is -2.39. The second kappa shape index (κ2) is 3.90. The molecule has 0 aliphatic carbocycles. The molecule has 1 rings (SSSR count). The van der Waals surface area contributed by atoms with Gasteiger partial charge in [-0.25, -0.2) is 0 Å². The number of hydrogen-bond acceptors (Lipinski definition) is 3. The first-order chi connectivity index (χ1) is 5.58. The van der Waals surface area contributed by atoms with Crippen LogP contribution in [0.4, 0.5) is 0 Å². The minimum absolute atomic E-state index is 0.212. The van der Waals surface area contributed by atoms with Crippen LogP contribution in [0.15, 0.2) is 0 Å². The average Bonchev–Trinajstić information content (AvgIpc) is 1.81. The molecule has 0 aromatic carbocycles. The Kier molecular flexibility index (Phi) is 3.09. The summed E-state index contributed by atoms with van der Waals surface area (Å²) < 4.78 is 0. The summed E-state index contributed by atoms with van der Waals surface area (Å²) in [6.07, 6.45) is 1.23. The van der Waals surface area contributed by atoms with Crippen molar-refractivity contribution < 1.29 is 9.63 Å². The van der Waals surface area contributed by atoms with Gasteiger partial charge in [-0.2, -0.15) is 0 Å². The Morgan fingerprint density at radius 2 is 1.83 bits per heavy atom. The van der Waals surface area contributed by atoms with Crippen LogP contribution in [0.25, 0.3) is 0 Å². The molecular formula is C9H17NO2. The fourth-order valence-electron chi connectivity index (χ4n) is 1.86. The number of carbonyl (C=O) groups excluding carboxylic acids is 1. The highest BCUT2D eigenvalue weighted by atomic mass is 16.7. The number of hydroxylamine groups is 2. The molecule has 0 spiro atoms. The molecule has 0 amide bonds. The standard InChI is InChI=1S/C9H17NO2/c1-7-4-8(2)6-10(5-7)12-9(3)11/h7-8H,4-6H2,1-3H3. The molecule has 3 heteroatoms. The van der Waals surface area contributed by atoms with Crippen LogP contribution >= 0.6 is 0 Å². The Morgan fingerprint density at radius 1 is 1.33 bits per heavy atom. The first-order valence-electron chi connectivity index (χ1n) is 4.51. The van der Waals surface area contributed by atoms with Crippen molar-refractivity contribution in [2.45, 2.75) is 27.2 Å². The minimum atomic E-state index is -0.212. The normalized spacial score (nSPS) is 31.6. The van der Waals surface area contributed by atoms with E-state index in [0.717, 1.165) is 13.1 Å². The van der Waals surface area contributed by atoms with E-state index in [1.807, 2.05) is 0 Å². The van der Waals surface area contributed by atoms with Gasteiger partial charge in [-0.05, 0) is 18.3 Å². The minimum Gasteiger partial charge on any atom is -0.368 e. The predicted octanol–water partition coefficient (Wildman–Crippen LogP) is 1.44. The third-order valence-corrected chi connectivity index (χ3v) is 2.09. The summed E-state index contributed by atoms with van der Waals surface area (Å²) in [5, 5.41) is 1.78. The van der Waals surface area contributed by atoms with Crippen molar-refractivity contribution in [1.82, 2.24) is 5.06 Å². The largest absolute Gasteiger partial charge is 0.368 e. The summed E-state index contributed by atoms with van der Waals surface area (Å²) in [6, 6.07) is 0.